The quantitative estimate of drug-likeness (QED) is 0.744. The number of para-hydroxylation sites is 2. The summed E-state index contributed by atoms with van der Waals surface area (Å²) in [5.41, 5.74) is 8.41. The van der Waals surface area contributed by atoms with Gasteiger partial charge in [0.05, 0.1) is 19.1 Å². The maximum Gasteiger partial charge on any atom is 0.231 e. The molecule has 2 aromatic carbocycles. The molecule has 1 aromatic heterocycles. The molecule has 5 nitrogen and oxygen atoms in total. The van der Waals surface area contributed by atoms with Crippen molar-refractivity contribution in [3.05, 3.63) is 60.0 Å². The number of methoxy groups -OCH3 is 1. The van der Waals surface area contributed by atoms with Crippen molar-refractivity contribution >= 4 is 5.69 Å². The van der Waals surface area contributed by atoms with E-state index in [2.05, 4.69) is 10.1 Å². The zero-order valence-electron chi connectivity index (χ0n) is 11.6. The first-order chi connectivity index (χ1) is 10.3. The zero-order valence-corrected chi connectivity index (χ0v) is 11.6. The van der Waals surface area contributed by atoms with E-state index in [0.717, 1.165) is 16.8 Å². The van der Waals surface area contributed by atoms with Gasteiger partial charge in [0.1, 0.15) is 5.75 Å². The van der Waals surface area contributed by atoms with Crippen LogP contribution in [0.25, 0.3) is 11.4 Å². The summed E-state index contributed by atoms with van der Waals surface area (Å²) in [6.07, 6.45) is 0.509. The number of ether oxygens (including phenoxy) is 1. The molecule has 3 aromatic rings. The molecular weight excluding hydrogens is 266 g/mol. The van der Waals surface area contributed by atoms with Crippen molar-refractivity contribution in [3.63, 3.8) is 0 Å². The number of anilines is 1. The molecule has 0 fully saturated rings. The van der Waals surface area contributed by atoms with Gasteiger partial charge in [0, 0.05) is 5.69 Å². The van der Waals surface area contributed by atoms with E-state index in [1.807, 2.05) is 48.5 Å². The molecule has 0 saturated heterocycles. The Hall–Kier alpha value is -2.82. The molecule has 3 rings (SSSR count). The van der Waals surface area contributed by atoms with Crippen molar-refractivity contribution in [2.24, 2.45) is 0 Å². The third-order valence-corrected chi connectivity index (χ3v) is 3.21. The highest BCUT2D eigenvalue weighted by Crippen LogP contribution is 2.27. The molecule has 5 heteroatoms. The number of nitrogens with zero attached hydrogens (tertiary/aromatic N) is 2. The molecule has 0 amide bonds. The van der Waals surface area contributed by atoms with Gasteiger partial charge in [-0.2, -0.15) is 4.98 Å². The van der Waals surface area contributed by atoms with Gasteiger partial charge in [-0.1, -0.05) is 35.5 Å². The van der Waals surface area contributed by atoms with E-state index < -0.39 is 0 Å². The van der Waals surface area contributed by atoms with Crippen molar-refractivity contribution in [2.75, 3.05) is 12.8 Å². The molecule has 0 radical (unpaired) electrons. The van der Waals surface area contributed by atoms with Crippen LogP contribution in [0.4, 0.5) is 5.69 Å². The van der Waals surface area contributed by atoms with Crippen LogP contribution >= 0.6 is 0 Å². The maximum atomic E-state index is 5.92. The van der Waals surface area contributed by atoms with Crippen LogP contribution in [0.15, 0.2) is 53.1 Å². The predicted molar refractivity (Wildman–Crippen MR) is 79.9 cm³/mol. The van der Waals surface area contributed by atoms with Crippen molar-refractivity contribution < 1.29 is 9.26 Å². The Morgan fingerprint density at radius 3 is 2.67 bits per heavy atom. The molecule has 0 aliphatic rings. The van der Waals surface area contributed by atoms with E-state index in [4.69, 9.17) is 15.0 Å². The topological polar surface area (TPSA) is 74.2 Å². The van der Waals surface area contributed by atoms with Crippen LogP contribution < -0.4 is 10.5 Å². The van der Waals surface area contributed by atoms with Gasteiger partial charge in [-0.3, -0.25) is 0 Å². The number of nitrogens with two attached hydrogens (primary N) is 1. The summed E-state index contributed by atoms with van der Waals surface area (Å²) in [6.45, 7) is 0. The Kier molecular flexibility index (Phi) is 3.55. The lowest BCUT2D eigenvalue weighted by Crippen LogP contribution is -1.95. The first-order valence-corrected chi connectivity index (χ1v) is 6.57. The molecule has 0 atom stereocenters. The van der Waals surface area contributed by atoms with Crippen LogP contribution in [0.2, 0.25) is 0 Å². The zero-order chi connectivity index (χ0) is 14.7. The van der Waals surface area contributed by atoms with Gasteiger partial charge < -0.3 is 15.0 Å². The molecule has 0 unspecified atom stereocenters. The normalized spacial score (nSPS) is 10.5. The number of hydrogen-bond acceptors (Lipinski definition) is 5. The van der Waals surface area contributed by atoms with Crippen LogP contribution in [-0.4, -0.2) is 17.3 Å². The van der Waals surface area contributed by atoms with Crippen LogP contribution in [0.3, 0.4) is 0 Å². The molecule has 0 bridgehead atoms. The van der Waals surface area contributed by atoms with Crippen molar-refractivity contribution in [3.8, 4) is 17.1 Å². The minimum Gasteiger partial charge on any atom is -0.496 e. The monoisotopic (exact) mass is 281 g/mol. The molecule has 0 saturated carbocycles. The second-order valence-electron chi connectivity index (χ2n) is 4.59. The molecule has 1 heterocycles. The summed E-state index contributed by atoms with van der Waals surface area (Å²) in [5, 5.41) is 4.01. The third kappa shape index (κ3) is 2.72. The van der Waals surface area contributed by atoms with Gasteiger partial charge >= 0.3 is 0 Å². The van der Waals surface area contributed by atoms with Crippen LogP contribution in [0.1, 0.15) is 11.5 Å². The Morgan fingerprint density at radius 1 is 1.10 bits per heavy atom. The largest absolute Gasteiger partial charge is 0.496 e. The van der Waals surface area contributed by atoms with Gasteiger partial charge in [0.15, 0.2) is 0 Å². The highest BCUT2D eigenvalue weighted by atomic mass is 16.5. The summed E-state index contributed by atoms with van der Waals surface area (Å²) in [7, 11) is 1.62. The lowest BCUT2D eigenvalue weighted by molar-refractivity contribution is 0.385. The average Bonchev–Trinajstić information content (AvgIpc) is 2.98. The van der Waals surface area contributed by atoms with Crippen molar-refractivity contribution in [2.45, 2.75) is 6.42 Å². The number of hydrogen-bond donors (Lipinski definition) is 1. The lowest BCUT2D eigenvalue weighted by atomic mass is 10.1. The standard InChI is InChI=1S/C16H15N3O2/c1-20-14-9-5-3-7-12(14)16-18-15(21-19-16)10-11-6-2-4-8-13(11)17/h2-9H,10,17H2,1H3. The molecule has 2 N–H and O–H groups in total. The van der Waals surface area contributed by atoms with Gasteiger partial charge in [-0.05, 0) is 23.8 Å². The summed E-state index contributed by atoms with van der Waals surface area (Å²) < 4.78 is 10.6. The smallest absolute Gasteiger partial charge is 0.231 e. The fourth-order valence-electron chi connectivity index (χ4n) is 2.12. The molecule has 21 heavy (non-hydrogen) atoms. The number of rotatable bonds is 4. The van der Waals surface area contributed by atoms with E-state index in [-0.39, 0.29) is 0 Å². The maximum absolute atomic E-state index is 5.92. The van der Waals surface area contributed by atoms with E-state index in [9.17, 15) is 0 Å². The minimum atomic E-state index is 0.509. The second kappa shape index (κ2) is 5.66. The van der Waals surface area contributed by atoms with Crippen LogP contribution in [-0.2, 0) is 6.42 Å². The van der Waals surface area contributed by atoms with E-state index in [1.54, 1.807) is 7.11 Å². The summed E-state index contributed by atoms with van der Waals surface area (Å²) in [6, 6.07) is 15.2. The van der Waals surface area contributed by atoms with Gasteiger partial charge in [0.2, 0.25) is 11.7 Å². The summed E-state index contributed by atoms with van der Waals surface area (Å²) in [4.78, 5) is 4.41. The number of aromatic nitrogens is 2. The molecule has 0 aliphatic carbocycles. The fourth-order valence-corrected chi connectivity index (χ4v) is 2.12. The number of nitrogen functional groups attached to an aromatic ring is 1. The molecular formula is C16H15N3O2. The molecule has 0 aliphatic heterocycles. The first-order valence-electron chi connectivity index (χ1n) is 6.57. The van der Waals surface area contributed by atoms with Gasteiger partial charge in [0.25, 0.3) is 0 Å². The fraction of sp³-hybridized carbons (Fsp3) is 0.125. The summed E-state index contributed by atoms with van der Waals surface area (Å²) >= 11 is 0. The Labute approximate surface area is 122 Å². The van der Waals surface area contributed by atoms with Gasteiger partial charge in [-0.25, -0.2) is 0 Å². The lowest BCUT2D eigenvalue weighted by Gasteiger charge is -2.03. The second-order valence-corrected chi connectivity index (χ2v) is 4.59. The first kappa shape index (κ1) is 13.2. The number of benzene rings is 2. The van der Waals surface area contributed by atoms with Crippen molar-refractivity contribution in [1.82, 2.24) is 10.1 Å². The van der Waals surface area contributed by atoms with Gasteiger partial charge in [-0.15, -0.1) is 0 Å². The van der Waals surface area contributed by atoms with Crippen molar-refractivity contribution in [1.29, 1.82) is 0 Å². The highest BCUT2D eigenvalue weighted by Gasteiger charge is 2.13. The SMILES string of the molecule is COc1ccccc1-c1noc(Cc2ccccc2N)n1. The van der Waals surface area contributed by atoms with Crippen LogP contribution in [0.5, 0.6) is 5.75 Å². The van der Waals surface area contributed by atoms with E-state index in [0.29, 0.717) is 23.9 Å². The minimum absolute atomic E-state index is 0.509. The summed E-state index contributed by atoms with van der Waals surface area (Å²) in [5.74, 6) is 1.75. The van der Waals surface area contributed by atoms with Crippen LogP contribution in [0, 0.1) is 0 Å². The third-order valence-electron chi connectivity index (χ3n) is 3.21. The molecule has 0 spiro atoms. The average molecular weight is 281 g/mol. The highest BCUT2D eigenvalue weighted by molar-refractivity contribution is 5.63. The Balaban J connectivity index is 1.89. The van der Waals surface area contributed by atoms with E-state index >= 15 is 0 Å². The Bertz CT molecular complexity index is 753. The Morgan fingerprint density at radius 2 is 1.86 bits per heavy atom. The molecule has 106 valence electrons. The predicted octanol–water partition coefficient (Wildman–Crippen LogP) is 2.92. The van der Waals surface area contributed by atoms with E-state index in [1.165, 1.54) is 0 Å².